The largest absolute Gasteiger partial charge is 2.00 e. The maximum atomic E-state index is 2.34. The Balaban J connectivity index is 0. The van der Waals surface area contributed by atoms with Crippen molar-refractivity contribution >= 4 is 0 Å². The minimum absolute atomic E-state index is 0. The molecule has 0 aromatic carbocycles. The van der Waals surface area contributed by atoms with E-state index in [-0.39, 0.29) is 5.48 Å². The van der Waals surface area contributed by atoms with E-state index in [0.717, 1.165) is 0 Å². The molecule has 0 aliphatic rings. The Labute approximate surface area is 95.9 Å². The molecule has 0 aromatic heterocycles. The molecule has 0 unspecified atom stereocenters. The molecule has 0 N–H and O–H groups in total. The number of hydrogen-bond acceptors (Lipinski definition) is 0. The topological polar surface area (TPSA) is 28.5 Å². The average molecular weight is 253 g/mol. The standard InChI is InChI=1S/3C4H9.O.Zn/c3*1-3-4-2;;/h3*1,3-4H2,2H3;;/q;;;-2;. The van der Waals surface area contributed by atoms with Gasteiger partial charge in [-0.1, -0.05) is 0 Å². The molecule has 0 saturated heterocycles. The van der Waals surface area contributed by atoms with Crippen LogP contribution in [-0.4, -0.2) is 0 Å². The summed E-state index contributed by atoms with van der Waals surface area (Å²) >= 11 is -0.951. The van der Waals surface area contributed by atoms with E-state index >= 15 is 0 Å². The molecular formula is C12H27OZn-2. The molecule has 0 fully saturated rings. The van der Waals surface area contributed by atoms with Crippen LogP contribution >= 0.6 is 0 Å². The minimum Gasteiger partial charge on any atom is -2.00 e. The van der Waals surface area contributed by atoms with Crippen molar-refractivity contribution in [3.63, 3.8) is 0 Å². The number of unbranched alkanes of at least 4 members (excludes halogenated alkanes) is 3. The summed E-state index contributed by atoms with van der Waals surface area (Å²) in [5.41, 5.74) is 0. The van der Waals surface area contributed by atoms with Crippen LogP contribution in [0.1, 0.15) is 59.3 Å². The summed E-state index contributed by atoms with van der Waals surface area (Å²) in [6.07, 6.45) is 8.87. The van der Waals surface area contributed by atoms with Gasteiger partial charge in [-0.2, -0.15) is 0 Å². The van der Waals surface area contributed by atoms with Crippen LogP contribution in [-0.2, 0) is 21.4 Å². The smallest absolute Gasteiger partial charge is 2.00 e. The molecule has 0 atom stereocenters. The van der Waals surface area contributed by atoms with Crippen LogP contribution in [0, 0.1) is 0 Å². The molecule has 2 heteroatoms. The van der Waals surface area contributed by atoms with E-state index in [9.17, 15) is 0 Å². The van der Waals surface area contributed by atoms with Crippen LogP contribution in [0.3, 0.4) is 0 Å². The maximum absolute atomic E-state index is 2.34. The van der Waals surface area contributed by atoms with Crippen LogP contribution in [0.4, 0.5) is 0 Å². The maximum Gasteiger partial charge on any atom is -2.00 e. The molecule has 1 nitrogen and oxygen atoms in total. The summed E-state index contributed by atoms with van der Waals surface area (Å²) in [7, 11) is 0. The predicted octanol–water partition coefficient (Wildman–Crippen LogP) is 5.14. The summed E-state index contributed by atoms with van der Waals surface area (Å²) in [5.74, 6) is 0. The van der Waals surface area contributed by atoms with Crippen LogP contribution in [0.15, 0.2) is 0 Å². The third-order valence-corrected chi connectivity index (χ3v) is 12.8. The Morgan fingerprint density at radius 3 is 1.14 bits per heavy atom. The fourth-order valence-corrected chi connectivity index (χ4v) is 12.2. The zero-order valence-electron chi connectivity index (χ0n) is 10.5. The Morgan fingerprint density at radius 1 is 0.643 bits per heavy atom. The summed E-state index contributed by atoms with van der Waals surface area (Å²) < 4.78 is 0. The van der Waals surface area contributed by atoms with Gasteiger partial charge in [-0.25, -0.2) is 0 Å². The summed E-state index contributed by atoms with van der Waals surface area (Å²) in [5, 5.41) is 5.07. The fraction of sp³-hybridized carbons (Fsp3) is 1.00. The number of rotatable bonds is 9. The van der Waals surface area contributed by atoms with Gasteiger partial charge in [-0.3, -0.25) is 0 Å². The molecule has 0 saturated carbocycles. The van der Waals surface area contributed by atoms with E-state index in [2.05, 4.69) is 20.8 Å². The van der Waals surface area contributed by atoms with Crippen LogP contribution in [0.2, 0.25) is 15.0 Å². The van der Waals surface area contributed by atoms with E-state index in [1.807, 2.05) is 0 Å². The van der Waals surface area contributed by atoms with Gasteiger partial charge >= 0.3 is 90.3 Å². The van der Waals surface area contributed by atoms with Gasteiger partial charge in [-0.15, -0.1) is 0 Å². The predicted molar refractivity (Wildman–Crippen MR) is 59.8 cm³/mol. The van der Waals surface area contributed by atoms with E-state index in [4.69, 9.17) is 0 Å². The van der Waals surface area contributed by atoms with Gasteiger partial charge in [0.05, 0.1) is 0 Å². The zero-order chi connectivity index (χ0) is 9.94. The molecule has 0 aromatic rings. The van der Waals surface area contributed by atoms with Crippen LogP contribution in [0.25, 0.3) is 0 Å². The quantitative estimate of drug-likeness (QED) is 0.508. The normalized spacial score (nSPS) is 9.64. The van der Waals surface area contributed by atoms with Gasteiger partial charge in [0.25, 0.3) is 0 Å². The molecule has 0 bridgehead atoms. The Hall–Kier alpha value is 0.583. The Bertz CT molecular complexity index is 77.3. The van der Waals surface area contributed by atoms with Crippen LogP contribution < -0.4 is 0 Å². The Morgan fingerprint density at radius 2 is 0.929 bits per heavy atom. The monoisotopic (exact) mass is 251 g/mol. The van der Waals surface area contributed by atoms with Crippen LogP contribution in [0.5, 0.6) is 0 Å². The van der Waals surface area contributed by atoms with E-state index in [0.29, 0.717) is 0 Å². The van der Waals surface area contributed by atoms with E-state index < -0.39 is 16.0 Å². The van der Waals surface area contributed by atoms with Crippen molar-refractivity contribution in [2.75, 3.05) is 0 Å². The molecule has 0 radical (unpaired) electrons. The first kappa shape index (κ1) is 17.0. The molecule has 0 aliphatic carbocycles. The van der Waals surface area contributed by atoms with E-state index in [1.165, 1.54) is 38.5 Å². The molecule has 0 amide bonds. The van der Waals surface area contributed by atoms with Gasteiger partial charge in [0, 0.05) is 0 Å². The second kappa shape index (κ2) is 13.6. The second-order valence-electron chi connectivity index (χ2n) is 4.68. The van der Waals surface area contributed by atoms with Gasteiger partial charge in [-0.05, 0) is 0 Å². The zero-order valence-corrected chi connectivity index (χ0v) is 13.4. The average Bonchev–Trinajstić information content (AvgIpc) is 2.17. The van der Waals surface area contributed by atoms with Crippen molar-refractivity contribution in [3.8, 4) is 0 Å². The first-order chi connectivity index (χ1) is 6.35. The van der Waals surface area contributed by atoms with Crippen molar-refractivity contribution in [3.05, 3.63) is 0 Å². The van der Waals surface area contributed by atoms with Crippen molar-refractivity contribution in [2.24, 2.45) is 0 Å². The SMILES string of the molecule is CCC[CH2][Zn]([CH2]CCC)[CH2]CCC.[O-2]. The second-order valence-corrected chi connectivity index (χ2v) is 13.6. The molecule has 85 valence electrons. The first-order valence-corrected chi connectivity index (χ1v) is 12.9. The Kier molecular flexibility index (Phi) is 16.5. The first-order valence-electron chi connectivity index (χ1n) is 6.62. The number of hydrogen-bond donors (Lipinski definition) is 0. The molecule has 14 heavy (non-hydrogen) atoms. The van der Waals surface area contributed by atoms with Crippen molar-refractivity contribution < 1.29 is 21.4 Å². The third kappa shape index (κ3) is 10.7. The summed E-state index contributed by atoms with van der Waals surface area (Å²) in [6, 6.07) is 0. The van der Waals surface area contributed by atoms with Gasteiger partial charge in [0.1, 0.15) is 0 Å². The molecule has 0 aliphatic heterocycles. The van der Waals surface area contributed by atoms with Crippen molar-refractivity contribution in [2.45, 2.75) is 74.3 Å². The fourth-order valence-electron chi connectivity index (χ4n) is 2.34. The summed E-state index contributed by atoms with van der Waals surface area (Å²) in [4.78, 5) is 0. The van der Waals surface area contributed by atoms with Crippen molar-refractivity contribution in [1.29, 1.82) is 0 Å². The molecule has 0 spiro atoms. The van der Waals surface area contributed by atoms with Gasteiger partial charge in [0.15, 0.2) is 0 Å². The third-order valence-electron chi connectivity index (χ3n) is 3.31. The minimum atomic E-state index is -0.951. The molecule has 0 rings (SSSR count). The molecular weight excluding hydrogens is 226 g/mol. The van der Waals surface area contributed by atoms with Gasteiger partial charge < -0.3 is 5.48 Å². The van der Waals surface area contributed by atoms with Gasteiger partial charge in [0.2, 0.25) is 0 Å². The molecule has 0 heterocycles. The van der Waals surface area contributed by atoms with E-state index in [1.54, 1.807) is 15.0 Å². The summed E-state index contributed by atoms with van der Waals surface area (Å²) in [6.45, 7) is 7.01. The van der Waals surface area contributed by atoms with Crippen molar-refractivity contribution in [1.82, 2.24) is 0 Å².